The minimum atomic E-state index is -0.440. The number of aromatic hydroxyl groups is 1. The maximum Gasteiger partial charge on any atom is 0.238 e. The average molecular weight is 571 g/mol. The van der Waals surface area contributed by atoms with E-state index in [1.807, 2.05) is 42.5 Å². The number of hydrogen-bond donors (Lipinski definition) is 1. The number of methoxy groups -OCH3 is 1. The highest BCUT2D eigenvalue weighted by atomic mass is 35.5. The van der Waals surface area contributed by atoms with Gasteiger partial charge in [0.2, 0.25) is 11.8 Å². The molecule has 8 heteroatoms. The Morgan fingerprint density at radius 3 is 2.63 bits per heavy atom. The molecule has 0 unspecified atom stereocenters. The number of halogens is 1. The molecule has 1 N–H and O–H groups in total. The lowest BCUT2D eigenvalue weighted by Crippen LogP contribution is -2.35. The molecule has 6 rings (SSSR count). The number of pyridine rings is 1. The zero-order chi connectivity index (χ0) is 28.5. The number of nitrogens with zero attached hydrogens (tertiary/aromatic N) is 2. The van der Waals surface area contributed by atoms with Gasteiger partial charge in [0.05, 0.1) is 47.6 Å². The quantitative estimate of drug-likeness (QED) is 0.267. The second-order valence-electron chi connectivity index (χ2n) is 10.7. The maximum absolute atomic E-state index is 13.7. The van der Waals surface area contributed by atoms with Gasteiger partial charge in [-0.2, -0.15) is 0 Å². The van der Waals surface area contributed by atoms with Crippen molar-refractivity contribution in [2.75, 3.05) is 25.2 Å². The molecule has 0 spiro atoms. The van der Waals surface area contributed by atoms with Gasteiger partial charge < -0.3 is 14.6 Å². The number of amides is 2. The number of imide groups is 1. The van der Waals surface area contributed by atoms with E-state index in [-0.39, 0.29) is 29.6 Å². The van der Waals surface area contributed by atoms with Crippen LogP contribution >= 0.6 is 11.6 Å². The molecule has 2 amide bonds. The number of hydrogen-bond acceptors (Lipinski definition) is 6. The Hall–Kier alpha value is -3.78. The Morgan fingerprint density at radius 1 is 1.10 bits per heavy atom. The zero-order valence-corrected chi connectivity index (χ0v) is 23.5. The predicted molar refractivity (Wildman–Crippen MR) is 157 cm³/mol. The van der Waals surface area contributed by atoms with Crippen LogP contribution in [0.25, 0.3) is 11.6 Å². The topological polar surface area (TPSA) is 89.0 Å². The number of carbonyl (C=O) groups is 2. The molecule has 41 heavy (non-hydrogen) atoms. The van der Waals surface area contributed by atoms with E-state index in [1.54, 1.807) is 37.6 Å². The van der Waals surface area contributed by atoms with Gasteiger partial charge in [0.1, 0.15) is 5.75 Å². The van der Waals surface area contributed by atoms with Crippen molar-refractivity contribution < 1.29 is 24.2 Å². The van der Waals surface area contributed by atoms with Crippen molar-refractivity contribution in [3.8, 4) is 5.75 Å². The number of ether oxygens (including phenoxy) is 2. The number of rotatable bonds is 8. The summed E-state index contributed by atoms with van der Waals surface area (Å²) in [5.74, 6) is -1.20. The third kappa shape index (κ3) is 5.21. The molecule has 1 aliphatic carbocycles. The van der Waals surface area contributed by atoms with Gasteiger partial charge in [-0.1, -0.05) is 35.9 Å². The molecule has 0 bridgehead atoms. The van der Waals surface area contributed by atoms with Crippen LogP contribution in [0.3, 0.4) is 0 Å². The summed E-state index contributed by atoms with van der Waals surface area (Å²) in [6.45, 7) is 0.788. The fourth-order valence-electron chi connectivity index (χ4n) is 6.55. The number of fused-ring (bicyclic) bond motifs is 3. The van der Waals surface area contributed by atoms with Crippen LogP contribution in [0.1, 0.15) is 30.5 Å². The highest BCUT2D eigenvalue weighted by Crippen LogP contribution is 2.50. The van der Waals surface area contributed by atoms with Crippen LogP contribution in [-0.2, 0) is 19.1 Å². The summed E-state index contributed by atoms with van der Waals surface area (Å²) in [5, 5.41) is 10.2. The second-order valence-corrected chi connectivity index (χ2v) is 11.1. The number of phenolic OH excluding ortho intramolecular Hbond substituents is 1. The predicted octanol–water partition coefficient (Wildman–Crippen LogP) is 5.93. The molecule has 2 aromatic carbocycles. The first-order valence-corrected chi connectivity index (χ1v) is 14.2. The molecule has 4 atom stereocenters. The van der Waals surface area contributed by atoms with E-state index in [0.717, 1.165) is 28.0 Å². The minimum absolute atomic E-state index is 0.107. The number of aromatic nitrogens is 1. The van der Waals surface area contributed by atoms with Crippen LogP contribution in [0.4, 0.5) is 5.69 Å². The Balaban J connectivity index is 1.29. The Bertz CT molecular complexity index is 1520. The van der Waals surface area contributed by atoms with Crippen molar-refractivity contribution in [2.45, 2.75) is 25.4 Å². The SMILES string of the molecule is COCC1=C2[C@@H](CC/C(=C/c3ccc(O)cc3Cl)c3ccccn3)OC[C@@H]2[C@@H]2C(=O)N(c3ccccc3)C(=O)[C@@H]2C1. The summed E-state index contributed by atoms with van der Waals surface area (Å²) in [5.41, 5.74) is 5.37. The summed E-state index contributed by atoms with van der Waals surface area (Å²) in [6, 6.07) is 19.8. The zero-order valence-electron chi connectivity index (χ0n) is 22.7. The summed E-state index contributed by atoms with van der Waals surface area (Å²) >= 11 is 6.43. The summed E-state index contributed by atoms with van der Waals surface area (Å²) < 4.78 is 12.0. The minimum Gasteiger partial charge on any atom is -0.508 e. The van der Waals surface area contributed by atoms with Crippen LogP contribution in [0, 0.1) is 17.8 Å². The van der Waals surface area contributed by atoms with Crippen molar-refractivity contribution >= 4 is 40.8 Å². The van der Waals surface area contributed by atoms with E-state index in [2.05, 4.69) is 4.98 Å². The van der Waals surface area contributed by atoms with Crippen molar-refractivity contribution in [3.63, 3.8) is 0 Å². The van der Waals surface area contributed by atoms with Gasteiger partial charge in [0, 0.05) is 19.2 Å². The Labute approximate surface area is 244 Å². The van der Waals surface area contributed by atoms with E-state index in [1.165, 1.54) is 11.0 Å². The van der Waals surface area contributed by atoms with Crippen molar-refractivity contribution in [3.05, 3.63) is 100 Å². The number of carbonyl (C=O) groups excluding carboxylic acids is 2. The fraction of sp³-hybridized carbons (Fsp3) is 0.303. The standard InChI is InChI=1S/C33H31ClN2O5/c1-40-18-22-16-25-31(33(39)36(32(25)38)23-7-3-2-4-8-23)26-19-41-29(30(22)26)13-11-21(28-9-5-6-14-35-28)15-20-10-12-24(37)17-27(20)34/h2-10,12,14-15,17,25-26,29,31,37H,11,13,16,18-19H2,1H3/b21-15-/t25-,26+,29-,31-/m1/s1. The molecule has 0 radical (unpaired) electrons. The number of allylic oxidation sites excluding steroid dienone is 1. The van der Waals surface area contributed by atoms with Gasteiger partial charge in [0.15, 0.2) is 0 Å². The lowest BCUT2D eigenvalue weighted by molar-refractivity contribution is -0.122. The normalized spacial score (nSPS) is 24.1. The highest BCUT2D eigenvalue weighted by Gasteiger charge is 2.57. The van der Waals surface area contributed by atoms with Crippen LogP contribution in [0.5, 0.6) is 5.75 Å². The largest absolute Gasteiger partial charge is 0.508 e. The molecule has 7 nitrogen and oxygen atoms in total. The Morgan fingerprint density at radius 2 is 1.90 bits per heavy atom. The average Bonchev–Trinajstić information content (AvgIpc) is 3.51. The molecule has 2 aliphatic heterocycles. The molecule has 0 saturated carbocycles. The van der Waals surface area contributed by atoms with Crippen molar-refractivity contribution in [1.82, 2.24) is 4.98 Å². The number of anilines is 1. The molecule has 2 fully saturated rings. The molecule has 3 heterocycles. The molecule has 3 aliphatic rings. The first-order valence-electron chi connectivity index (χ1n) is 13.8. The molecule has 210 valence electrons. The van der Waals surface area contributed by atoms with Gasteiger partial charge in [-0.3, -0.25) is 19.5 Å². The summed E-state index contributed by atoms with van der Waals surface area (Å²) in [4.78, 5) is 33.2. The van der Waals surface area contributed by atoms with Crippen LogP contribution in [0.2, 0.25) is 5.02 Å². The van der Waals surface area contributed by atoms with Gasteiger partial charge >= 0.3 is 0 Å². The third-order valence-corrected chi connectivity index (χ3v) is 8.65. The summed E-state index contributed by atoms with van der Waals surface area (Å²) in [6.07, 6.45) is 5.35. The van der Waals surface area contributed by atoms with Gasteiger partial charge in [-0.25, -0.2) is 0 Å². The maximum atomic E-state index is 13.7. The molecule has 2 saturated heterocycles. The number of benzene rings is 2. The van der Waals surface area contributed by atoms with Gasteiger partial charge in [0.25, 0.3) is 0 Å². The summed E-state index contributed by atoms with van der Waals surface area (Å²) in [7, 11) is 1.65. The van der Waals surface area contributed by atoms with Crippen LogP contribution < -0.4 is 4.90 Å². The third-order valence-electron chi connectivity index (χ3n) is 8.32. The lowest BCUT2D eigenvalue weighted by atomic mass is 9.69. The second kappa shape index (κ2) is 11.6. The molecule has 3 aromatic rings. The number of phenols is 1. The van der Waals surface area contributed by atoms with E-state index in [9.17, 15) is 14.7 Å². The monoisotopic (exact) mass is 570 g/mol. The first kappa shape index (κ1) is 27.4. The van der Waals surface area contributed by atoms with Crippen LogP contribution in [0.15, 0.2) is 84.1 Å². The highest BCUT2D eigenvalue weighted by molar-refractivity contribution is 6.32. The van der Waals surface area contributed by atoms with Crippen LogP contribution in [-0.4, -0.2) is 48.3 Å². The van der Waals surface area contributed by atoms with Crippen molar-refractivity contribution in [2.24, 2.45) is 17.8 Å². The van der Waals surface area contributed by atoms with E-state index < -0.39 is 11.8 Å². The van der Waals surface area contributed by atoms with Crippen molar-refractivity contribution in [1.29, 1.82) is 0 Å². The lowest BCUT2D eigenvalue weighted by Gasteiger charge is -2.31. The van der Waals surface area contributed by atoms with Gasteiger partial charge in [-0.15, -0.1) is 0 Å². The van der Waals surface area contributed by atoms with E-state index >= 15 is 0 Å². The molecular weight excluding hydrogens is 540 g/mol. The van der Waals surface area contributed by atoms with Gasteiger partial charge in [-0.05, 0) is 90.1 Å². The Kier molecular flexibility index (Phi) is 7.75. The van der Waals surface area contributed by atoms with E-state index in [4.69, 9.17) is 21.1 Å². The molecular formula is C33H31ClN2O5. The number of para-hydroxylation sites is 1. The van der Waals surface area contributed by atoms with E-state index in [0.29, 0.717) is 43.2 Å². The smallest absolute Gasteiger partial charge is 0.238 e. The fourth-order valence-corrected chi connectivity index (χ4v) is 6.77. The first-order chi connectivity index (χ1) is 20.0. The molecule has 1 aromatic heterocycles.